The minimum atomic E-state index is 0.134. The largest absolute Gasteiger partial charge is 0.371 e. The third-order valence-corrected chi connectivity index (χ3v) is 2.76. The molecule has 2 rings (SSSR count). The van der Waals surface area contributed by atoms with Crippen LogP contribution in [0.3, 0.4) is 0 Å². The lowest BCUT2D eigenvalue weighted by Crippen LogP contribution is -2.19. The topological polar surface area (TPSA) is 20.3 Å². The molecular weight excluding hydrogens is 186 g/mol. The van der Waals surface area contributed by atoms with Gasteiger partial charge >= 0.3 is 0 Å². The number of hydrogen-bond acceptors (Lipinski definition) is 2. The summed E-state index contributed by atoms with van der Waals surface area (Å²) in [6.07, 6.45) is 2.99. The molecule has 1 aliphatic heterocycles. The minimum absolute atomic E-state index is 0.134. The number of rotatable bonds is 2. The van der Waals surface area contributed by atoms with Crippen molar-refractivity contribution in [3.8, 4) is 0 Å². The maximum absolute atomic E-state index is 12.1. The number of carbonyl (C=O) groups excluding carboxylic acids is 1. The van der Waals surface area contributed by atoms with Crippen molar-refractivity contribution >= 4 is 5.78 Å². The molecule has 0 N–H and O–H groups in total. The number of aryl methyl sites for hydroxylation is 1. The maximum atomic E-state index is 12.1. The van der Waals surface area contributed by atoms with E-state index < -0.39 is 0 Å². The molecule has 0 amide bonds. The SMILES string of the molecule is Cc1ccc(C(=O)C2=CCCN2C)cc1. The van der Waals surface area contributed by atoms with Gasteiger partial charge in [0.1, 0.15) is 0 Å². The average Bonchev–Trinajstić information content (AvgIpc) is 2.65. The summed E-state index contributed by atoms with van der Waals surface area (Å²) in [5.41, 5.74) is 2.79. The number of likely N-dealkylation sites (N-methyl/N-ethyl adjacent to an activating group) is 1. The van der Waals surface area contributed by atoms with Gasteiger partial charge in [-0.15, -0.1) is 0 Å². The van der Waals surface area contributed by atoms with E-state index in [9.17, 15) is 4.79 Å². The Kier molecular flexibility index (Phi) is 2.58. The molecule has 0 spiro atoms. The van der Waals surface area contributed by atoms with E-state index in [1.807, 2.05) is 49.2 Å². The van der Waals surface area contributed by atoms with Crippen molar-refractivity contribution < 1.29 is 4.79 Å². The minimum Gasteiger partial charge on any atom is -0.371 e. The van der Waals surface area contributed by atoms with Crippen LogP contribution in [0.1, 0.15) is 22.3 Å². The highest BCUT2D eigenvalue weighted by Crippen LogP contribution is 2.17. The van der Waals surface area contributed by atoms with Crippen LogP contribution in [0.25, 0.3) is 0 Å². The quantitative estimate of drug-likeness (QED) is 0.685. The van der Waals surface area contributed by atoms with Gasteiger partial charge in [0.05, 0.1) is 5.70 Å². The molecule has 2 heteroatoms. The Morgan fingerprint density at radius 2 is 1.93 bits per heavy atom. The van der Waals surface area contributed by atoms with E-state index in [2.05, 4.69) is 0 Å². The summed E-state index contributed by atoms with van der Waals surface area (Å²) in [7, 11) is 1.96. The highest BCUT2D eigenvalue weighted by atomic mass is 16.1. The molecule has 0 saturated carbocycles. The molecule has 1 aromatic rings. The number of carbonyl (C=O) groups is 1. The van der Waals surface area contributed by atoms with Crippen molar-refractivity contribution in [1.29, 1.82) is 0 Å². The van der Waals surface area contributed by atoms with Crippen LogP contribution in [0.2, 0.25) is 0 Å². The predicted octanol–water partition coefficient (Wildman–Crippen LogP) is 2.40. The summed E-state index contributed by atoms with van der Waals surface area (Å²) in [6.45, 7) is 2.97. The summed E-state index contributed by atoms with van der Waals surface area (Å²) in [5, 5.41) is 0. The molecule has 1 aromatic carbocycles. The highest BCUT2D eigenvalue weighted by Gasteiger charge is 2.19. The van der Waals surface area contributed by atoms with Crippen molar-refractivity contribution in [3.63, 3.8) is 0 Å². The first-order chi connectivity index (χ1) is 7.18. The second-order valence-corrected chi connectivity index (χ2v) is 3.99. The van der Waals surface area contributed by atoms with Gasteiger partial charge in [0.15, 0.2) is 0 Å². The number of allylic oxidation sites excluding steroid dienone is 1. The van der Waals surface area contributed by atoms with Crippen LogP contribution in [-0.2, 0) is 0 Å². The smallest absolute Gasteiger partial charge is 0.208 e. The van der Waals surface area contributed by atoms with Crippen LogP contribution in [0.15, 0.2) is 36.0 Å². The summed E-state index contributed by atoms with van der Waals surface area (Å²) < 4.78 is 0. The molecule has 1 aliphatic rings. The Bertz CT molecular complexity index is 403. The molecule has 0 unspecified atom stereocenters. The first-order valence-electron chi connectivity index (χ1n) is 5.21. The van der Waals surface area contributed by atoms with E-state index in [0.29, 0.717) is 0 Å². The van der Waals surface area contributed by atoms with Gasteiger partial charge in [-0.1, -0.05) is 35.9 Å². The summed E-state index contributed by atoms with van der Waals surface area (Å²) >= 11 is 0. The zero-order chi connectivity index (χ0) is 10.8. The third-order valence-electron chi connectivity index (χ3n) is 2.76. The monoisotopic (exact) mass is 201 g/mol. The summed E-state index contributed by atoms with van der Waals surface area (Å²) in [6, 6.07) is 7.74. The van der Waals surface area contributed by atoms with Crippen LogP contribution in [-0.4, -0.2) is 24.3 Å². The molecule has 0 radical (unpaired) electrons. The fourth-order valence-electron chi connectivity index (χ4n) is 1.79. The van der Waals surface area contributed by atoms with Gasteiger partial charge in [0.2, 0.25) is 5.78 Å². The van der Waals surface area contributed by atoms with Crippen LogP contribution in [0.5, 0.6) is 0 Å². The van der Waals surface area contributed by atoms with Gasteiger partial charge < -0.3 is 4.90 Å². The first kappa shape index (κ1) is 9.97. The first-order valence-corrected chi connectivity index (χ1v) is 5.21. The van der Waals surface area contributed by atoms with Crippen molar-refractivity contribution in [1.82, 2.24) is 4.90 Å². The van der Waals surface area contributed by atoms with Gasteiger partial charge in [0, 0.05) is 19.2 Å². The van der Waals surface area contributed by atoms with Gasteiger partial charge in [-0.25, -0.2) is 0 Å². The lowest BCUT2D eigenvalue weighted by molar-refractivity contribution is 0.100. The van der Waals surface area contributed by atoms with Crippen LogP contribution in [0, 0.1) is 6.92 Å². The van der Waals surface area contributed by atoms with Crippen molar-refractivity contribution in [3.05, 3.63) is 47.2 Å². The van der Waals surface area contributed by atoms with Gasteiger partial charge in [0.25, 0.3) is 0 Å². The Balaban J connectivity index is 2.25. The lowest BCUT2D eigenvalue weighted by atomic mass is 10.1. The van der Waals surface area contributed by atoms with Gasteiger partial charge in [-0.3, -0.25) is 4.79 Å². The van der Waals surface area contributed by atoms with E-state index >= 15 is 0 Å². The van der Waals surface area contributed by atoms with E-state index in [0.717, 1.165) is 24.2 Å². The Morgan fingerprint density at radius 1 is 1.27 bits per heavy atom. The molecule has 1 heterocycles. The Labute approximate surface area is 90.2 Å². The molecule has 78 valence electrons. The highest BCUT2D eigenvalue weighted by molar-refractivity contribution is 6.08. The van der Waals surface area contributed by atoms with Crippen molar-refractivity contribution in [2.75, 3.05) is 13.6 Å². The van der Waals surface area contributed by atoms with E-state index in [-0.39, 0.29) is 5.78 Å². The van der Waals surface area contributed by atoms with E-state index in [1.54, 1.807) is 0 Å². The van der Waals surface area contributed by atoms with Crippen LogP contribution >= 0.6 is 0 Å². The molecule has 0 aliphatic carbocycles. The Hall–Kier alpha value is -1.57. The number of Topliss-reactive ketones (excluding diaryl/α,β-unsaturated/α-hetero) is 1. The van der Waals surface area contributed by atoms with Crippen molar-refractivity contribution in [2.24, 2.45) is 0 Å². The van der Waals surface area contributed by atoms with Crippen LogP contribution in [0.4, 0.5) is 0 Å². The second-order valence-electron chi connectivity index (χ2n) is 3.99. The molecule has 0 fully saturated rings. The van der Waals surface area contributed by atoms with Crippen molar-refractivity contribution in [2.45, 2.75) is 13.3 Å². The van der Waals surface area contributed by atoms with E-state index in [4.69, 9.17) is 0 Å². The second kappa shape index (κ2) is 3.89. The molecular formula is C13H15NO. The molecule has 0 atom stereocenters. The fraction of sp³-hybridized carbons (Fsp3) is 0.308. The van der Waals surface area contributed by atoms with Crippen LogP contribution < -0.4 is 0 Å². The number of hydrogen-bond donors (Lipinski definition) is 0. The zero-order valence-electron chi connectivity index (χ0n) is 9.16. The van der Waals surface area contributed by atoms with E-state index in [1.165, 1.54) is 5.56 Å². The zero-order valence-corrected chi connectivity index (χ0v) is 9.16. The summed E-state index contributed by atoms with van der Waals surface area (Å²) in [4.78, 5) is 14.1. The fourth-order valence-corrected chi connectivity index (χ4v) is 1.79. The van der Waals surface area contributed by atoms with Gasteiger partial charge in [-0.05, 0) is 13.3 Å². The molecule has 2 nitrogen and oxygen atoms in total. The predicted molar refractivity (Wildman–Crippen MR) is 60.8 cm³/mol. The van der Waals surface area contributed by atoms with Gasteiger partial charge in [-0.2, -0.15) is 0 Å². The lowest BCUT2D eigenvalue weighted by Gasteiger charge is -2.14. The number of ketones is 1. The number of nitrogens with zero attached hydrogens (tertiary/aromatic N) is 1. The molecule has 0 aromatic heterocycles. The average molecular weight is 201 g/mol. The normalized spacial score (nSPS) is 15.3. The third kappa shape index (κ3) is 1.94. The standard InChI is InChI=1S/C13H15NO/c1-10-5-7-11(8-6-10)13(15)12-4-3-9-14(12)2/h4-8H,3,9H2,1-2H3. The maximum Gasteiger partial charge on any atom is 0.208 e. The molecule has 15 heavy (non-hydrogen) atoms. The number of benzene rings is 1. The molecule has 0 saturated heterocycles. The summed E-state index contributed by atoms with van der Waals surface area (Å²) in [5.74, 6) is 0.134. The Morgan fingerprint density at radius 3 is 2.47 bits per heavy atom. The molecule has 0 bridgehead atoms.